The van der Waals surface area contributed by atoms with Crippen molar-refractivity contribution in [1.29, 1.82) is 0 Å². The van der Waals surface area contributed by atoms with Crippen LogP contribution in [-0.4, -0.2) is 22.1 Å². The summed E-state index contributed by atoms with van der Waals surface area (Å²) in [5, 5.41) is 10.2. The molecule has 0 bridgehead atoms. The molecule has 1 saturated carbocycles. The molecule has 1 aliphatic carbocycles. The first-order chi connectivity index (χ1) is 10.2. The SMILES string of the molecule is C[C@H]1CCCC[C@@H]1NC(=O)c1cc(-c2ccccc2)n[nH]1. The van der Waals surface area contributed by atoms with Gasteiger partial charge in [-0.2, -0.15) is 5.10 Å². The second-order valence-corrected chi connectivity index (χ2v) is 5.87. The Balaban J connectivity index is 1.69. The van der Waals surface area contributed by atoms with Gasteiger partial charge in [-0.05, 0) is 24.8 Å². The lowest BCUT2D eigenvalue weighted by Crippen LogP contribution is -2.41. The van der Waals surface area contributed by atoms with Crippen LogP contribution in [0, 0.1) is 5.92 Å². The Morgan fingerprint density at radius 2 is 2.00 bits per heavy atom. The number of hydrogen-bond donors (Lipinski definition) is 2. The average molecular weight is 283 g/mol. The lowest BCUT2D eigenvalue weighted by molar-refractivity contribution is 0.0905. The van der Waals surface area contributed by atoms with E-state index in [1.165, 1.54) is 19.3 Å². The van der Waals surface area contributed by atoms with Crippen molar-refractivity contribution in [2.75, 3.05) is 0 Å². The molecule has 2 aromatic rings. The van der Waals surface area contributed by atoms with Crippen molar-refractivity contribution in [2.24, 2.45) is 5.92 Å². The summed E-state index contributed by atoms with van der Waals surface area (Å²) in [4.78, 5) is 12.3. The first kappa shape index (κ1) is 13.9. The predicted octanol–water partition coefficient (Wildman–Crippen LogP) is 3.39. The van der Waals surface area contributed by atoms with Gasteiger partial charge in [0.15, 0.2) is 0 Å². The minimum atomic E-state index is -0.0524. The fraction of sp³-hybridized carbons (Fsp3) is 0.412. The molecule has 1 aliphatic rings. The van der Waals surface area contributed by atoms with Crippen molar-refractivity contribution in [3.8, 4) is 11.3 Å². The van der Waals surface area contributed by atoms with Crippen LogP contribution in [0.15, 0.2) is 36.4 Å². The minimum absolute atomic E-state index is 0.0524. The lowest BCUT2D eigenvalue weighted by Gasteiger charge is -2.29. The predicted molar refractivity (Wildman–Crippen MR) is 82.9 cm³/mol. The van der Waals surface area contributed by atoms with Crippen molar-refractivity contribution < 1.29 is 4.79 Å². The standard InChI is InChI=1S/C17H21N3O/c1-12-7-5-6-10-14(12)18-17(21)16-11-15(19-20-16)13-8-3-2-4-9-13/h2-4,8-9,11-12,14H,5-7,10H2,1H3,(H,18,21)(H,19,20)/t12-,14-/m0/s1. The third kappa shape index (κ3) is 3.15. The molecule has 1 heterocycles. The van der Waals surface area contributed by atoms with Gasteiger partial charge >= 0.3 is 0 Å². The number of amides is 1. The molecule has 4 heteroatoms. The molecule has 1 fully saturated rings. The summed E-state index contributed by atoms with van der Waals surface area (Å²) in [5.74, 6) is 0.502. The van der Waals surface area contributed by atoms with Gasteiger partial charge in [-0.15, -0.1) is 0 Å². The summed E-state index contributed by atoms with van der Waals surface area (Å²) in [6.07, 6.45) is 4.75. The Labute approximate surface area is 125 Å². The van der Waals surface area contributed by atoms with Gasteiger partial charge in [-0.25, -0.2) is 0 Å². The van der Waals surface area contributed by atoms with Crippen LogP contribution in [0.3, 0.4) is 0 Å². The molecule has 0 spiro atoms. The van der Waals surface area contributed by atoms with Crippen LogP contribution in [-0.2, 0) is 0 Å². The van der Waals surface area contributed by atoms with Gasteiger partial charge in [0.1, 0.15) is 5.69 Å². The first-order valence-electron chi connectivity index (χ1n) is 7.66. The van der Waals surface area contributed by atoms with Gasteiger partial charge in [-0.3, -0.25) is 9.89 Å². The first-order valence-corrected chi connectivity index (χ1v) is 7.66. The Morgan fingerprint density at radius 3 is 2.76 bits per heavy atom. The summed E-state index contributed by atoms with van der Waals surface area (Å²) >= 11 is 0. The van der Waals surface area contributed by atoms with Crippen LogP contribution >= 0.6 is 0 Å². The monoisotopic (exact) mass is 283 g/mol. The van der Waals surface area contributed by atoms with Gasteiger partial charge in [0.05, 0.1) is 5.69 Å². The number of aromatic nitrogens is 2. The molecule has 1 aromatic carbocycles. The van der Waals surface area contributed by atoms with E-state index >= 15 is 0 Å². The largest absolute Gasteiger partial charge is 0.348 e. The minimum Gasteiger partial charge on any atom is -0.348 e. The highest BCUT2D eigenvalue weighted by Gasteiger charge is 2.23. The zero-order chi connectivity index (χ0) is 14.7. The second kappa shape index (κ2) is 6.12. The van der Waals surface area contributed by atoms with Gasteiger partial charge in [0.2, 0.25) is 0 Å². The highest BCUT2D eigenvalue weighted by atomic mass is 16.2. The number of hydrogen-bond acceptors (Lipinski definition) is 2. The number of aromatic amines is 1. The van der Waals surface area contributed by atoms with Crippen molar-refractivity contribution in [3.63, 3.8) is 0 Å². The van der Waals surface area contributed by atoms with Crippen LogP contribution in [0.4, 0.5) is 0 Å². The van der Waals surface area contributed by atoms with Crippen LogP contribution in [0.25, 0.3) is 11.3 Å². The van der Waals surface area contributed by atoms with Crippen molar-refractivity contribution in [3.05, 3.63) is 42.1 Å². The molecule has 0 aliphatic heterocycles. The number of carbonyl (C=O) groups is 1. The molecular weight excluding hydrogens is 262 g/mol. The van der Waals surface area contributed by atoms with Crippen LogP contribution in [0.2, 0.25) is 0 Å². The van der Waals surface area contributed by atoms with Gasteiger partial charge in [0.25, 0.3) is 5.91 Å². The quantitative estimate of drug-likeness (QED) is 0.907. The summed E-state index contributed by atoms with van der Waals surface area (Å²) in [6.45, 7) is 2.21. The fourth-order valence-corrected chi connectivity index (χ4v) is 2.97. The maximum absolute atomic E-state index is 12.3. The van der Waals surface area contributed by atoms with Gasteiger partial charge < -0.3 is 5.32 Å². The summed E-state index contributed by atoms with van der Waals surface area (Å²) < 4.78 is 0. The van der Waals surface area contributed by atoms with E-state index in [0.29, 0.717) is 11.6 Å². The van der Waals surface area contributed by atoms with Crippen molar-refractivity contribution in [1.82, 2.24) is 15.5 Å². The number of carbonyl (C=O) groups excluding carboxylic acids is 1. The lowest BCUT2D eigenvalue weighted by atomic mass is 9.86. The highest BCUT2D eigenvalue weighted by molar-refractivity contribution is 5.93. The zero-order valence-corrected chi connectivity index (χ0v) is 12.3. The van der Waals surface area contributed by atoms with Gasteiger partial charge in [-0.1, -0.05) is 50.1 Å². The molecule has 0 unspecified atom stereocenters. The molecular formula is C17H21N3O. The zero-order valence-electron chi connectivity index (χ0n) is 12.3. The smallest absolute Gasteiger partial charge is 0.269 e. The molecule has 3 rings (SSSR count). The van der Waals surface area contributed by atoms with Crippen LogP contribution in [0.5, 0.6) is 0 Å². The van der Waals surface area contributed by atoms with Crippen molar-refractivity contribution in [2.45, 2.75) is 38.6 Å². The normalized spacial score (nSPS) is 22.0. The molecule has 0 radical (unpaired) electrons. The number of rotatable bonds is 3. The van der Waals surface area contributed by atoms with E-state index in [1.54, 1.807) is 0 Å². The van der Waals surface area contributed by atoms with Crippen LogP contribution < -0.4 is 5.32 Å². The molecule has 1 amide bonds. The molecule has 2 atom stereocenters. The third-order valence-corrected chi connectivity index (χ3v) is 4.32. The second-order valence-electron chi connectivity index (χ2n) is 5.87. The summed E-state index contributed by atoms with van der Waals surface area (Å²) in [5.41, 5.74) is 2.35. The summed E-state index contributed by atoms with van der Waals surface area (Å²) in [6, 6.07) is 12.0. The Morgan fingerprint density at radius 1 is 1.24 bits per heavy atom. The van der Waals surface area contributed by atoms with E-state index in [-0.39, 0.29) is 11.9 Å². The molecule has 110 valence electrons. The Bertz CT molecular complexity index is 606. The van der Waals surface area contributed by atoms with E-state index in [4.69, 9.17) is 0 Å². The molecule has 2 N–H and O–H groups in total. The number of nitrogens with one attached hydrogen (secondary N) is 2. The Hall–Kier alpha value is -2.10. The maximum atomic E-state index is 12.3. The average Bonchev–Trinajstić information content (AvgIpc) is 3.00. The molecule has 0 saturated heterocycles. The molecule has 21 heavy (non-hydrogen) atoms. The molecule has 1 aromatic heterocycles. The van der Waals surface area contributed by atoms with E-state index < -0.39 is 0 Å². The number of benzene rings is 1. The van der Waals surface area contributed by atoms with E-state index in [1.807, 2.05) is 36.4 Å². The summed E-state index contributed by atoms with van der Waals surface area (Å²) in [7, 11) is 0. The van der Waals surface area contributed by atoms with E-state index in [9.17, 15) is 4.79 Å². The Kier molecular flexibility index (Phi) is 4.04. The number of nitrogens with zero attached hydrogens (tertiary/aromatic N) is 1. The fourth-order valence-electron chi connectivity index (χ4n) is 2.97. The number of H-pyrrole nitrogens is 1. The highest BCUT2D eigenvalue weighted by Crippen LogP contribution is 2.24. The van der Waals surface area contributed by atoms with E-state index in [0.717, 1.165) is 17.7 Å². The van der Waals surface area contributed by atoms with Gasteiger partial charge in [0, 0.05) is 11.6 Å². The van der Waals surface area contributed by atoms with E-state index in [2.05, 4.69) is 22.4 Å². The third-order valence-electron chi connectivity index (χ3n) is 4.32. The molecule has 4 nitrogen and oxygen atoms in total. The van der Waals surface area contributed by atoms with Crippen LogP contribution in [0.1, 0.15) is 43.1 Å². The topological polar surface area (TPSA) is 57.8 Å². The maximum Gasteiger partial charge on any atom is 0.269 e. The van der Waals surface area contributed by atoms with Crippen molar-refractivity contribution >= 4 is 5.91 Å².